The van der Waals surface area contributed by atoms with Crippen molar-refractivity contribution in [1.82, 2.24) is 4.98 Å². The lowest BCUT2D eigenvalue weighted by molar-refractivity contribution is 0.322. The van der Waals surface area contributed by atoms with Crippen LogP contribution in [0.1, 0.15) is 13.3 Å². The van der Waals surface area contributed by atoms with Crippen molar-refractivity contribution < 1.29 is 4.74 Å². The van der Waals surface area contributed by atoms with Crippen LogP contribution in [0.3, 0.4) is 0 Å². The van der Waals surface area contributed by atoms with Crippen LogP contribution in [0.25, 0.3) is 22.2 Å². The zero-order valence-electron chi connectivity index (χ0n) is 14.2. The lowest BCUT2D eigenvalue weighted by Gasteiger charge is -2.08. The van der Waals surface area contributed by atoms with Crippen LogP contribution in [-0.4, -0.2) is 18.6 Å². The van der Waals surface area contributed by atoms with Gasteiger partial charge in [0.1, 0.15) is 5.75 Å². The van der Waals surface area contributed by atoms with Crippen LogP contribution in [0, 0.1) is 0 Å². The zero-order chi connectivity index (χ0) is 16.9. The van der Waals surface area contributed by atoms with E-state index in [1.54, 1.807) is 0 Å². The first-order valence-electron chi connectivity index (χ1n) is 8.12. The molecule has 122 valence electrons. The maximum absolute atomic E-state index is 5.77. The maximum Gasteiger partial charge on any atom is 0.120 e. The Bertz CT molecular complexity index is 853. The van der Waals surface area contributed by atoms with Gasteiger partial charge in [-0.05, 0) is 43.3 Å². The van der Waals surface area contributed by atoms with E-state index in [1.165, 1.54) is 0 Å². The Balaban J connectivity index is 1.82. The average Bonchev–Trinajstić information content (AvgIpc) is 2.61. The third kappa shape index (κ3) is 3.74. The van der Waals surface area contributed by atoms with Crippen LogP contribution in [0.5, 0.6) is 5.75 Å². The first-order valence-corrected chi connectivity index (χ1v) is 8.12. The average molecular weight is 318 g/mol. The van der Waals surface area contributed by atoms with Crippen molar-refractivity contribution in [2.45, 2.75) is 13.3 Å². The molecule has 3 rings (SSSR count). The first-order chi connectivity index (χ1) is 11.7. The number of nitrogens with zero attached hydrogens (tertiary/aromatic N) is 1. The van der Waals surface area contributed by atoms with Gasteiger partial charge in [-0.3, -0.25) is 0 Å². The van der Waals surface area contributed by atoms with Gasteiger partial charge in [0.25, 0.3) is 0 Å². The van der Waals surface area contributed by atoms with Gasteiger partial charge in [0.2, 0.25) is 0 Å². The lowest BCUT2D eigenvalue weighted by Crippen LogP contribution is -1.97. The quantitative estimate of drug-likeness (QED) is 0.627. The number of benzene rings is 2. The molecule has 0 fully saturated rings. The number of pyridine rings is 1. The molecule has 24 heavy (non-hydrogen) atoms. The molecule has 1 aromatic heterocycles. The minimum Gasteiger partial charge on any atom is -0.493 e. The van der Waals surface area contributed by atoms with Crippen molar-refractivity contribution in [3.63, 3.8) is 0 Å². The number of anilines is 1. The number of nitrogens with one attached hydrogen (secondary N) is 1. The summed E-state index contributed by atoms with van der Waals surface area (Å²) in [6.45, 7) is 6.56. The van der Waals surface area contributed by atoms with Crippen molar-refractivity contribution >= 4 is 16.6 Å². The smallest absolute Gasteiger partial charge is 0.120 e. The molecule has 0 spiro atoms. The highest BCUT2D eigenvalue weighted by Gasteiger charge is 2.03. The predicted molar refractivity (Wildman–Crippen MR) is 102 cm³/mol. The highest BCUT2D eigenvalue weighted by molar-refractivity contribution is 5.83. The summed E-state index contributed by atoms with van der Waals surface area (Å²) >= 11 is 0. The standard InChI is InChI=1S/C21H22N2O/c1-15(2)12-13-24-19-9-11-21-17(14-19)6-10-20(23-21)16-4-7-18(22-3)8-5-16/h4-11,14,22H,1,12-13H2,2-3H3. The molecule has 0 aliphatic heterocycles. The molecule has 0 saturated carbocycles. The second-order valence-corrected chi connectivity index (χ2v) is 5.93. The molecule has 3 heteroatoms. The fourth-order valence-corrected chi connectivity index (χ4v) is 2.50. The molecule has 3 nitrogen and oxygen atoms in total. The van der Waals surface area contributed by atoms with Crippen LogP contribution in [0.2, 0.25) is 0 Å². The lowest BCUT2D eigenvalue weighted by atomic mass is 10.1. The molecule has 0 aliphatic rings. The summed E-state index contributed by atoms with van der Waals surface area (Å²) in [6.07, 6.45) is 0.873. The fraction of sp³-hybridized carbons (Fsp3) is 0.190. The van der Waals surface area contributed by atoms with Crippen molar-refractivity contribution in [3.05, 3.63) is 66.7 Å². The number of fused-ring (bicyclic) bond motifs is 1. The molecule has 0 radical (unpaired) electrons. The van der Waals surface area contributed by atoms with Crippen molar-refractivity contribution in [1.29, 1.82) is 0 Å². The van der Waals surface area contributed by atoms with Crippen LogP contribution < -0.4 is 10.1 Å². The van der Waals surface area contributed by atoms with Crippen LogP contribution in [-0.2, 0) is 0 Å². The zero-order valence-corrected chi connectivity index (χ0v) is 14.2. The summed E-state index contributed by atoms with van der Waals surface area (Å²) < 4.78 is 5.77. The second kappa shape index (κ2) is 7.18. The largest absolute Gasteiger partial charge is 0.493 e. The van der Waals surface area contributed by atoms with Gasteiger partial charge in [-0.25, -0.2) is 4.98 Å². The molecule has 2 aromatic carbocycles. The molecular weight excluding hydrogens is 296 g/mol. The number of aromatic nitrogens is 1. The normalized spacial score (nSPS) is 10.6. The highest BCUT2D eigenvalue weighted by Crippen LogP contribution is 2.25. The third-order valence-electron chi connectivity index (χ3n) is 3.93. The Hall–Kier alpha value is -2.81. The van der Waals surface area contributed by atoms with E-state index in [-0.39, 0.29) is 0 Å². The molecule has 0 unspecified atom stereocenters. The van der Waals surface area contributed by atoms with Gasteiger partial charge in [0.15, 0.2) is 0 Å². The molecule has 0 bridgehead atoms. The van der Waals surface area contributed by atoms with Crippen LogP contribution >= 0.6 is 0 Å². The van der Waals surface area contributed by atoms with Gasteiger partial charge in [-0.1, -0.05) is 23.8 Å². The number of hydrogen-bond acceptors (Lipinski definition) is 3. The minimum absolute atomic E-state index is 0.657. The van der Waals surface area contributed by atoms with Crippen molar-refractivity contribution in [2.75, 3.05) is 19.0 Å². The van der Waals surface area contributed by atoms with E-state index in [4.69, 9.17) is 9.72 Å². The summed E-state index contributed by atoms with van der Waals surface area (Å²) in [6, 6.07) is 18.4. The summed E-state index contributed by atoms with van der Waals surface area (Å²) in [5, 5.41) is 4.21. The van der Waals surface area contributed by atoms with Gasteiger partial charge in [-0.2, -0.15) is 0 Å². The van der Waals surface area contributed by atoms with E-state index in [2.05, 4.69) is 42.2 Å². The fourth-order valence-electron chi connectivity index (χ4n) is 2.50. The topological polar surface area (TPSA) is 34.1 Å². The molecular formula is C21H22N2O. The number of ether oxygens (including phenoxy) is 1. The summed E-state index contributed by atoms with van der Waals surface area (Å²) in [7, 11) is 1.92. The van der Waals surface area contributed by atoms with Gasteiger partial charge >= 0.3 is 0 Å². The molecule has 1 N–H and O–H groups in total. The monoisotopic (exact) mass is 318 g/mol. The third-order valence-corrected chi connectivity index (χ3v) is 3.93. The molecule has 1 heterocycles. The predicted octanol–water partition coefficient (Wildman–Crippen LogP) is 5.29. The Morgan fingerprint density at radius 1 is 1.08 bits per heavy atom. The summed E-state index contributed by atoms with van der Waals surface area (Å²) in [4.78, 5) is 4.76. The van der Waals surface area contributed by atoms with Gasteiger partial charge in [0.05, 0.1) is 17.8 Å². The summed E-state index contributed by atoms with van der Waals surface area (Å²) in [5.74, 6) is 0.872. The Morgan fingerprint density at radius 2 is 1.88 bits per heavy atom. The Kier molecular flexibility index (Phi) is 4.80. The van der Waals surface area contributed by atoms with E-state index >= 15 is 0 Å². The van der Waals surface area contributed by atoms with E-state index in [0.29, 0.717) is 6.61 Å². The van der Waals surface area contributed by atoms with E-state index in [1.807, 2.05) is 38.2 Å². The van der Waals surface area contributed by atoms with E-state index in [9.17, 15) is 0 Å². The van der Waals surface area contributed by atoms with Crippen molar-refractivity contribution in [2.24, 2.45) is 0 Å². The minimum atomic E-state index is 0.657. The Labute approximate surface area is 143 Å². The van der Waals surface area contributed by atoms with Crippen molar-refractivity contribution in [3.8, 4) is 17.0 Å². The molecule has 0 aliphatic carbocycles. The SMILES string of the molecule is C=C(C)CCOc1ccc2nc(-c3ccc(NC)cc3)ccc2c1. The Morgan fingerprint density at radius 3 is 2.58 bits per heavy atom. The van der Waals surface area contributed by atoms with E-state index in [0.717, 1.165) is 45.6 Å². The number of rotatable bonds is 6. The van der Waals surface area contributed by atoms with Gasteiger partial charge < -0.3 is 10.1 Å². The molecule has 0 atom stereocenters. The first kappa shape index (κ1) is 16.1. The number of hydrogen-bond donors (Lipinski definition) is 1. The molecule has 3 aromatic rings. The van der Waals surface area contributed by atoms with Crippen LogP contribution in [0.15, 0.2) is 66.7 Å². The van der Waals surface area contributed by atoms with Gasteiger partial charge in [0, 0.05) is 30.1 Å². The molecule has 0 saturated heterocycles. The second-order valence-electron chi connectivity index (χ2n) is 5.93. The highest BCUT2D eigenvalue weighted by atomic mass is 16.5. The molecule has 0 amide bonds. The van der Waals surface area contributed by atoms with Crippen LogP contribution in [0.4, 0.5) is 5.69 Å². The van der Waals surface area contributed by atoms with Gasteiger partial charge in [-0.15, -0.1) is 6.58 Å². The maximum atomic E-state index is 5.77. The van der Waals surface area contributed by atoms with E-state index < -0.39 is 0 Å². The summed E-state index contributed by atoms with van der Waals surface area (Å²) in [5.41, 5.74) is 5.28.